The molecule has 0 aromatic heterocycles. The minimum Gasteiger partial charge on any atom is -0.494 e. The van der Waals surface area contributed by atoms with Crippen molar-refractivity contribution in [3.05, 3.63) is 30.1 Å². The molecule has 0 aliphatic carbocycles. The predicted molar refractivity (Wildman–Crippen MR) is 85.7 cm³/mol. The lowest BCUT2D eigenvalue weighted by atomic mass is 10.1. The van der Waals surface area contributed by atoms with Crippen molar-refractivity contribution in [1.29, 1.82) is 0 Å². The number of hydrogen-bond donors (Lipinski definition) is 1. The summed E-state index contributed by atoms with van der Waals surface area (Å²) in [7, 11) is 0. The first-order chi connectivity index (χ1) is 10.7. The maximum atomic E-state index is 12.8. The zero-order chi connectivity index (χ0) is 15.8. The molecule has 1 atom stereocenters. The number of piperazine rings is 1. The molecule has 0 radical (unpaired) electrons. The van der Waals surface area contributed by atoms with Gasteiger partial charge in [-0.25, -0.2) is 4.39 Å². The first-order valence-corrected chi connectivity index (χ1v) is 8.18. The molecule has 1 fully saturated rings. The minimum atomic E-state index is -0.238. The van der Waals surface area contributed by atoms with Crippen LogP contribution in [0.3, 0.4) is 0 Å². The van der Waals surface area contributed by atoms with Crippen LogP contribution in [0.25, 0.3) is 0 Å². The van der Waals surface area contributed by atoms with Crippen LogP contribution in [0.2, 0.25) is 0 Å². The van der Waals surface area contributed by atoms with E-state index in [0.29, 0.717) is 12.6 Å². The number of nitrogens with zero attached hydrogens (tertiary/aromatic N) is 2. The van der Waals surface area contributed by atoms with E-state index in [2.05, 4.69) is 16.7 Å². The molecule has 1 aliphatic rings. The molecule has 22 heavy (non-hydrogen) atoms. The Morgan fingerprint density at radius 1 is 1.18 bits per heavy atom. The van der Waals surface area contributed by atoms with Crippen molar-refractivity contribution in [2.24, 2.45) is 0 Å². The largest absolute Gasteiger partial charge is 0.494 e. The average Bonchev–Trinajstić information content (AvgIpc) is 2.56. The van der Waals surface area contributed by atoms with Crippen molar-refractivity contribution in [3.63, 3.8) is 0 Å². The van der Waals surface area contributed by atoms with Gasteiger partial charge in [-0.1, -0.05) is 6.92 Å². The topological polar surface area (TPSA) is 35.9 Å². The number of hydrogen-bond acceptors (Lipinski definition) is 4. The molecule has 0 spiro atoms. The van der Waals surface area contributed by atoms with E-state index in [-0.39, 0.29) is 12.4 Å². The van der Waals surface area contributed by atoms with Gasteiger partial charge in [0.1, 0.15) is 11.6 Å². The fraction of sp³-hybridized carbons (Fsp3) is 0.647. The normalized spacial score (nSPS) is 18.3. The quantitative estimate of drug-likeness (QED) is 0.745. The highest BCUT2D eigenvalue weighted by Crippen LogP contribution is 2.12. The van der Waals surface area contributed by atoms with Gasteiger partial charge in [-0.05, 0) is 37.1 Å². The highest BCUT2D eigenvalue weighted by Gasteiger charge is 2.21. The first-order valence-electron chi connectivity index (χ1n) is 8.18. The summed E-state index contributed by atoms with van der Waals surface area (Å²) < 4.78 is 18.4. The maximum Gasteiger partial charge on any atom is 0.123 e. The van der Waals surface area contributed by atoms with Gasteiger partial charge in [-0.2, -0.15) is 0 Å². The van der Waals surface area contributed by atoms with Crippen LogP contribution in [0.4, 0.5) is 4.39 Å². The standard InChI is InChI=1S/C17H27FN2O2/c1-2-16(14-21)20-11-9-19(10-12-20)8-3-13-22-17-6-4-15(18)5-7-17/h4-7,16,21H,2-3,8-14H2,1H3. The molecule has 1 aromatic carbocycles. The number of aliphatic hydroxyl groups is 1. The van der Waals surface area contributed by atoms with Gasteiger partial charge >= 0.3 is 0 Å². The summed E-state index contributed by atoms with van der Waals surface area (Å²) in [5.41, 5.74) is 0. The molecular formula is C17H27FN2O2. The zero-order valence-corrected chi connectivity index (χ0v) is 13.4. The van der Waals surface area contributed by atoms with Crippen LogP contribution in [0.15, 0.2) is 24.3 Å². The molecule has 2 rings (SSSR count). The van der Waals surface area contributed by atoms with Crippen molar-refractivity contribution in [2.45, 2.75) is 25.8 Å². The van der Waals surface area contributed by atoms with E-state index in [1.807, 2.05) is 0 Å². The van der Waals surface area contributed by atoms with Crippen LogP contribution in [0, 0.1) is 5.82 Å². The second-order valence-electron chi connectivity index (χ2n) is 5.78. The van der Waals surface area contributed by atoms with Gasteiger partial charge in [-0.3, -0.25) is 4.90 Å². The Bertz CT molecular complexity index is 415. The van der Waals surface area contributed by atoms with Crippen LogP contribution < -0.4 is 4.74 Å². The Morgan fingerprint density at radius 3 is 2.45 bits per heavy atom. The summed E-state index contributed by atoms with van der Waals surface area (Å²) in [6.45, 7) is 8.20. The fourth-order valence-corrected chi connectivity index (χ4v) is 2.86. The smallest absolute Gasteiger partial charge is 0.123 e. The molecule has 1 unspecified atom stereocenters. The van der Waals surface area contributed by atoms with E-state index in [1.165, 1.54) is 12.1 Å². The summed E-state index contributed by atoms with van der Waals surface area (Å²) in [6, 6.07) is 6.46. The Morgan fingerprint density at radius 2 is 1.86 bits per heavy atom. The maximum absolute atomic E-state index is 12.8. The highest BCUT2D eigenvalue weighted by atomic mass is 19.1. The lowest BCUT2D eigenvalue weighted by Crippen LogP contribution is -2.51. The van der Waals surface area contributed by atoms with E-state index >= 15 is 0 Å². The Kier molecular flexibility index (Phi) is 7.09. The average molecular weight is 310 g/mol. The Labute approximate surface area is 132 Å². The second-order valence-corrected chi connectivity index (χ2v) is 5.78. The highest BCUT2D eigenvalue weighted by molar-refractivity contribution is 5.21. The molecule has 0 bridgehead atoms. The van der Waals surface area contributed by atoms with Gasteiger partial charge in [0, 0.05) is 38.8 Å². The van der Waals surface area contributed by atoms with Crippen molar-refractivity contribution >= 4 is 0 Å². The van der Waals surface area contributed by atoms with E-state index in [1.54, 1.807) is 12.1 Å². The molecular weight excluding hydrogens is 283 g/mol. The van der Waals surface area contributed by atoms with E-state index in [9.17, 15) is 9.50 Å². The molecule has 4 nitrogen and oxygen atoms in total. The van der Waals surface area contributed by atoms with Crippen molar-refractivity contribution in [2.75, 3.05) is 45.9 Å². The third-order valence-corrected chi connectivity index (χ3v) is 4.31. The molecule has 124 valence electrons. The molecule has 1 saturated heterocycles. The monoisotopic (exact) mass is 310 g/mol. The Balaban J connectivity index is 1.60. The number of ether oxygens (including phenoxy) is 1. The second kappa shape index (κ2) is 9.08. The first kappa shape index (κ1) is 17.2. The molecule has 5 heteroatoms. The van der Waals surface area contributed by atoms with Crippen LogP contribution in [0.1, 0.15) is 19.8 Å². The molecule has 1 heterocycles. The number of benzene rings is 1. The van der Waals surface area contributed by atoms with Gasteiger partial charge in [0.05, 0.1) is 13.2 Å². The molecule has 0 saturated carbocycles. The van der Waals surface area contributed by atoms with E-state index < -0.39 is 0 Å². The summed E-state index contributed by atoms with van der Waals surface area (Å²) in [4.78, 5) is 4.82. The van der Waals surface area contributed by atoms with Crippen LogP contribution in [-0.4, -0.2) is 66.9 Å². The minimum absolute atomic E-state index is 0.238. The van der Waals surface area contributed by atoms with Crippen molar-refractivity contribution in [1.82, 2.24) is 9.80 Å². The predicted octanol–water partition coefficient (Wildman–Crippen LogP) is 1.98. The van der Waals surface area contributed by atoms with E-state index in [4.69, 9.17) is 4.74 Å². The summed E-state index contributed by atoms with van der Waals surface area (Å²) in [6.07, 6.45) is 1.97. The van der Waals surface area contributed by atoms with Gasteiger partial charge in [-0.15, -0.1) is 0 Å². The van der Waals surface area contributed by atoms with Gasteiger partial charge in [0.2, 0.25) is 0 Å². The van der Waals surface area contributed by atoms with E-state index in [0.717, 1.165) is 51.3 Å². The lowest BCUT2D eigenvalue weighted by molar-refractivity contribution is 0.0617. The number of halogens is 1. The summed E-state index contributed by atoms with van der Waals surface area (Å²) >= 11 is 0. The van der Waals surface area contributed by atoms with Crippen molar-refractivity contribution in [3.8, 4) is 5.75 Å². The SMILES string of the molecule is CCC(CO)N1CCN(CCCOc2ccc(F)cc2)CC1. The third kappa shape index (κ3) is 5.23. The third-order valence-electron chi connectivity index (χ3n) is 4.31. The molecule has 1 N–H and O–H groups in total. The van der Waals surface area contributed by atoms with Gasteiger partial charge in [0.15, 0.2) is 0 Å². The van der Waals surface area contributed by atoms with Crippen LogP contribution in [0.5, 0.6) is 5.75 Å². The Hall–Kier alpha value is -1.17. The van der Waals surface area contributed by atoms with Crippen LogP contribution in [-0.2, 0) is 0 Å². The van der Waals surface area contributed by atoms with Crippen molar-refractivity contribution < 1.29 is 14.2 Å². The lowest BCUT2D eigenvalue weighted by Gasteiger charge is -2.38. The summed E-state index contributed by atoms with van der Waals surface area (Å²) in [5.74, 6) is 0.485. The van der Waals surface area contributed by atoms with Gasteiger partial charge in [0.25, 0.3) is 0 Å². The number of rotatable bonds is 8. The zero-order valence-electron chi connectivity index (χ0n) is 13.4. The fourth-order valence-electron chi connectivity index (χ4n) is 2.86. The van der Waals surface area contributed by atoms with Gasteiger partial charge < -0.3 is 14.7 Å². The number of aliphatic hydroxyl groups excluding tert-OH is 1. The molecule has 1 aromatic rings. The molecule has 0 amide bonds. The molecule has 1 aliphatic heterocycles. The van der Waals surface area contributed by atoms with Crippen LogP contribution >= 0.6 is 0 Å². The summed E-state index contributed by atoms with van der Waals surface area (Å²) in [5, 5.41) is 9.35.